The van der Waals surface area contributed by atoms with Crippen molar-refractivity contribution >= 4 is 29.3 Å². The Balaban J connectivity index is 1.80. The highest BCUT2D eigenvalue weighted by molar-refractivity contribution is 7.80. The van der Waals surface area contributed by atoms with Crippen molar-refractivity contribution in [2.45, 2.75) is 45.1 Å². The Bertz CT molecular complexity index is 585. The minimum Gasteiger partial charge on any atom is -0.328 e. The first kappa shape index (κ1) is 14.3. The molecule has 1 saturated heterocycles. The lowest BCUT2D eigenvalue weighted by atomic mass is 9.94. The van der Waals surface area contributed by atoms with Gasteiger partial charge < -0.3 is 5.32 Å². The van der Waals surface area contributed by atoms with E-state index in [1.807, 2.05) is 30.3 Å². The van der Waals surface area contributed by atoms with Crippen LogP contribution >= 0.6 is 12.2 Å². The van der Waals surface area contributed by atoms with Gasteiger partial charge in [0.25, 0.3) is 5.91 Å². The van der Waals surface area contributed by atoms with Crippen molar-refractivity contribution in [3.8, 4) is 0 Å². The molecular formula is C17H20N2OS. The van der Waals surface area contributed by atoms with Gasteiger partial charge in [-0.3, -0.25) is 9.69 Å². The first-order chi connectivity index (χ1) is 10.1. The third kappa shape index (κ3) is 3.00. The van der Waals surface area contributed by atoms with Crippen LogP contribution < -0.4 is 5.32 Å². The SMILES string of the molecule is Cc1ccc(/C=C2/NC(=S)N(C3CCCCC3)C2=O)cc1. The largest absolute Gasteiger partial charge is 0.328 e. The van der Waals surface area contributed by atoms with Crippen LogP contribution in [0.2, 0.25) is 0 Å². The fraction of sp³-hybridized carbons (Fsp3) is 0.412. The van der Waals surface area contributed by atoms with Gasteiger partial charge in [-0.15, -0.1) is 0 Å². The molecule has 1 N–H and O–H groups in total. The lowest BCUT2D eigenvalue weighted by molar-refractivity contribution is -0.124. The molecule has 3 rings (SSSR count). The van der Waals surface area contributed by atoms with Gasteiger partial charge in [0.1, 0.15) is 5.70 Å². The molecule has 1 heterocycles. The molecule has 0 radical (unpaired) electrons. The molecule has 2 aliphatic rings. The predicted octanol–water partition coefficient (Wildman–Crippen LogP) is 3.39. The van der Waals surface area contributed by atoms with E-state index in [-0.39, 0.29) is 11.9 Å². The summed E-state index contributed by atoms with van der Waals surface area (Å²) in [5, 5.41) is 3.64. The Morgan fingerprint density at radius 3 is 2.52 bits per heavy atom. The third-order valence-corrected chi connectivity index (χ3v) is 4.54. The molecule has 0 unspecified atom stereocenters. The number of aryl methyl sites for hydroxylation is 1. The van der Waals surface area contributed by atoms with Crippen molar-refractivity contribution in [2.75, 3.05) is 0 Å². The topological polar surface area (TPSA) is 32.3 Å². The van der Waals surface area contributed by atoms with Gasteiger partial charge in [-0.2, -0.15) is 0 Å². The summed E-state index contributed by atoms with van der Waals surface area (Å²) in [6.07, 6.45) is 7.65. The van der Waals surface area contributed by atoms with E-state index in [1.54, 1.807) is 4.90 Å². The molecule has 1 amide bonds. The number of nitrogens with zero attached hydrogens (tertiary/aromatic N) is 1. The van der Waals surface area contributed by atoms with Crippen molar-refractivity contribution in [3.63, 3.8) is 0 Å². The Morgan fingerprint density at radius 1 is 1.19 bits per heavy atom. The van der Waals surface area contributed by atoms with Gasteiger partial charge in [0, 0.05) is 6.04 Å². The van der Waals surface area contributed by atoms with Crippen LogP contribution in [0.1, 0.15) is 43.2 Å². The van der Waals surface area contributed by atoms with E-state index in [4.69, 9.17) is 12.2 Å². The molecule has 2 fully saturated rings. The summed E-state index contributed by atoms with van der Waals surface area (Å²) in [5.41, 5.74) is 2.82. The van der Waals surface area contributed by atoms with Gasteiger partial charge in [-0.25, -0.2) is 0 Å². The third-order valence-electron chi connectivity index (χ3n) is 4.24. The number of hydrogen-bond donors (Lipinski definition) is 1. The Hall–Kier alpha value is -1.68. The Kier molecular flexibility index (Phi) is 4.06. The van der Waals surface area contributed by atoms with E-state index in [1.165, 1.54) is 24.8 Å². The fourth-order valence-electron chi connectivity index (χ4n) is 3.05. The first-order valence-electron chi connectivity index (χ1n) is 7.58. The Morgan fingerprint density at radius 2 is 1.86 bits per heavy atom. The second kappa shape index (κ2) is 5.98. The maximum absolute atomic E-state index is 12.6. The minimum absolute atomic E-state index is 0.0208. The van der Waals surface area contributed by atoms with Crippen molar-refractivity contribution in [2.24, 2.45) is 0 Å². The smallest absolute Gasteiger partial charge is 0.276 e. The molecule has 1 aliphatic heterocycles. The van der Waals surface area contributed by atoms with E-state index in [2.05, 4.69) is 12.2 Å². The summed E-state index contributed by atoms with van der Waals surface area (Å²) in [6.45, 7) is 2.05. The van der Waals surface area contributed by atoms with E-state index >= 15 is 0 Å². The van der Waals surface area contributed by atoms with Gasteiger partial charge in [-0.1, -0.05) is 49.1 Å². The highest BCUT2D eigenvalue weighted by Gasteiger charge is 2.36. The van der Waals surface area contributed by atoms with Gasteiger partial charge in [0.15, 0.2) is 5.11 Å². The van der Waals surface area contributed by atoms with Gasteiger partial charge in [0.2, 0.25) is 0 Å². The van der Waals surface area contributed by atoms with Crippen LogP contribution in [-0.4, -0.2) is 22.0 Å². The van der Waals surface area contributed by atoms with Crippen LogP contribution in [0.15, 0.2) is 30.0 Å². The number of benzene rings is 1. The summed E-state index contributed by atoms with van der Waals surface area (Å²) >= 11 is 5.37. The summed E-state index contributed by atoms with van der Waals surface area (Å²) in [5.74, 6) is 0.0208. The fourth-order valence-corrected chi connectivity index (χ4v) is 3.39. The maximum atomic E-state index is 12.6. The molecule has 0 atom stereocenters. The molecule has 1 aromatic rings. The monoisotopic (exact) mass is 300 g/mol. The van der Waals surface area contributed by atoms with Gasteiger partial charge >= 0.3 is 0 Å². The number of amides is 1. The summed E-state index contributed by atoms with van der Waals surface area (Å²) in [6, 6.07) is 8.40. The molecule has 21 heavy (non-hydrogen) atoms. The second-order valence-corrected chi connectivity index (χ2v) is 6.25. The van der Waals surface area contributed by atoms with E-state index in [0.29, 0.717) is 10.8 Å². The average molecular weight is 300 g/mol. The van der Waals surface area contributed by atoms with Crippen LogP contribution in [0.5, 0.6) is 0 Å². The van der Waals surface area contributed by atoms with Crippen molar-refractivity contribution in [3.05, 3.63) is 41.1 Å². The van der Waals surface area contributed by atoms with Crippen molar-refractivity contribution in [1.29, 1.82) is 0 Å². The summed E-state index contributed by atoms with van der Waals surface area (Å²) < 4.78 is 0. The highest BCUT2D eigenvalue weighted by atomic mass is 32.1. The average Bonchev–Trinajstić information content (AvgIpc) is 2.77. The molecule has 0 aromatic heterocycles. The van der Waals surface area contributed by atoms with E-state index in [9.17, 15) is 4.79 Å². The number of rotatable bonds is 2. The van der Waals surface area contributed by atoms with Crippen LogP contribution in [0.4, 0.5) is 0 Å². The number of carbonyl (C=O) groups excluding carboxylic acids is 1. The number of thiocarbonyl (C=S) groups is 1. The summed E-state index contributed by atoms with van der Waals surface area (Å²) in [7, 11) is 0. The zero-order chi connectivity index (χ0) is 14.8. The number of hydrogen-bond acceptors (Lipinski definition) is 2. The molecule has 4 heteroatoms. The lowest BCUT2D eigenvalue weighted by Gasteiger charge is -2.29. The van der Waals surface area contributed by atoms with E-state index in [0.717, 1.165) is 18.4 Å². The second-order valence-electron chi connectivity index (χ2n) is 5.87. The number of carbonyl (C=O) groups is 1. The first-order valence-corrected chi connectivity index (χ1v) is 7.99. The molecule has 1 aliphatic carbocycles. The van der Waals surface area contributed by atoms with Crippen molar-refractivity contribution in [1.82, 2.24) is 10.2 Å². The minimum atomic E-state index is 0.0208. The summed E-state index contributed by atoms with van der Waals surface area (Å²) in [4.78, 5) is 14.4. The molecule has 0 bridgehead atoms. The van der Waals surface area contributed by atoms with E-state index < -0.39 is 0 Å². The standard InChI is InChI=1S/C17H20N2OS/c1-12-7-9-13(10-8-12)11-15-16(20)19(17(21)18-15)14-5-3-2-4-6-14/h7-11,14H,2-6H2,1H3,(H,18,21)/b15-11+. The molecular weight excluding hydrogens is 280 g/mol. The maximum Gasteiger partial charge on any atom is 0.276 e. The van der Waals surface area contributed by atoms with Gasteiger partial charge in [-0.05, 0) is 43.6 Å². The predicted molar refractivity (Wildman–Crippen MR) is 88.6 cm³/mol. The van der Waals surface area contributed by atoms with Gasteiger partial charge in [0.05, 0.1) is 0 Å². The van der Waals surface area contributed by atoms with Crippen LogP contribution in [0, 0.1) is 6.92 Å². The Labute approximate surface area is 131 Å². The van der Waals surface area contributed by atoms with Crippen LogP contribution in [-0.2, 0) is 4.79 Å². The molecule has 0 spiro atoms. The zero-order valence-electron chi connectivity index (χ0n) is 12.3. The van der Waals surface area contributed by atoms with Crippen LogP contribution in [0.25, 0.3) is 6.08 Å². The normalized spacial score (nSPS) is 22.0. The molecule has 1 saturated carbocycles. The van der Waals surface area contributed by atoms with Crippen LogP contribution in [0.3, 0.4) is 0 Å². The zero-order valence-corrected chi connectivity index (χ0v) is 13.1. The molecule has 3 nitrogen and oxygen atoms in total. The van der Waals surface area contributed by atoms with Crippen molar-refractivity contribution < 1.29 is 4.79 Å². The molecule has 110 valence electrons. The number of nitrogens with one attached hydrogen (secondary N) is 1. The quantitative estimate of drug-likeness (QED) is 0.671. The highest BCUT2D eigenvalue weighted by Crippen LogP contribution is 2.26. The lowest BCUT2D eigenvalue weighted by Crippen LogP contribution is -2.41. The molecule has 1 aromatic carbocycles.